The number of rotatable bonds is 2. The summed E-state index contributed by atoms with van der Waals surface area (Å²) in [6, 6.07) is 3.67. The number of piperidine rings is 1. The van der Waals surface area contributed by atoms with Crippen LogP contribution in [0, 0.1) is 6.92 Å². The number of benzene rings is 1. The molecule has 6 nitrogen and oxygen atoms in total. The quantitative estimate of drug-likeness (QED) is 0.673. The zero-order valence-electron chi connectivity index (χ0n) is 16.5. The lowest BCUT2D eigenvalue weighted by Crippen LogP contribution is -2.41. The molecule has 0 bridgehead atoms. The third-order valence-corrected chi connectivity index (χ3v) is 6.46. The van der Waals surface area contributed by atoms with Crippen molar-refractivity contribution in [3.05, 3.63) is 35.7 Å². The van der Waals surface area contributed by atoms with Crippen LogP contribution in [-0.2, 0) is 6.18 Å². The van der Waals surface area contributed by atoms with Crippen LogP contribution in [0.4, 0.5) is 13.2 Å². The summed E-state index contributed by atoms with van der Waals surface area (Å²) in [5, 5.41) is 18.9. The van der Waals surface area contributed by atoms with E-state index in [1.54, 1.807) is 6.33 Å². The van der Waals surface area contributed by atoms with Gasteiger partial charge in [0, 0.05) is 17.2 Å². The molecule has 0 radical (unpaired) electrons. The molecule has 0 saturated carbocycles. The number of imidazole rings is 1. The van der Waals surface area contributed by atoms with Gasteiger partial charge in [-0.2, -0.15) is 13.2 Å². The van der Waals surface area contributed by atoms with Crippen LogP contribution in [0.25, 0.3) is 22.4 Å². The Morgan fingerprint density at radius 3 is 2.50 bits per heavy atom. The number of phenols is 1. The second-order valence-electron chi connectivity index (χ2n) is 8.18. The Balaban J connectivity index is 1.55. The normalized spacial score (nSPS) is 22.5. The van der Waals surface area contributed by atoms with Crippen LogP contribution >= 0.6 is 0 Å². The van der Waals surface area contributed by atoms with Crippen LogP contribution in [0.3, 0.4) is 0 Å². The van der Waals surface area contributed by atoms with Crippen molar-refractivity contribution in [2.75, 3.05) is 13.1 Å². The number of halogens is 3. The standard InChI is InChI=1S/C21H22F3N5O/c1-12-18(14-7-6-13(10-17(14)30)21(22,23)24)26-27-20-19(12)25-11-29(20)16-5-3-9-28-8-2-4-15(16)28/h6-7,10-11,15-16,30H,2-5,8-9H2,1H3/t15-,16+/m1/s1. The molecule has 2 aliphatic heterocycles. The van der Waals surface area contributed by atoms with Crippen molar-refractivity contribution in [3.63, 3.8) is 0 Å². The smallest absolute Gasteiger partial charge is 0.416 e. The van der Waals surface area contributed by atoms with Crippen molar-refractivity contribution in [3.8, 4) is 17.0 Å². The number of phenolic OH excluding ortho intramolecular Hbond substituents is 1. The van der Waals surface area contributed by atoms with Gasteiger partial charge in [0.1, 0.15) is 17.0 Å². The fourth-order valence-electron chi connectivity index (χ4n) is 5.00. The second kappa shape index (κ2) is 6.94. The number of hydrogen-bond acceptors (Lipinski definition) is 5. The van der Waals surface area contributed by atoms with E-state index in [9.17, 15) is 18.3 Å². The van der Waals surface area contributed by atoms with Crippen molar-refractivity contribution in [2.24, 2.45) is 0 Å². The summed E-state index contributed by atoms with van der Waals surface area (Å²) in [5.74, 6) is -0.477. The minimum absolute atomic E-state index is 0.212. The predicted octanol–water partition coefficient (Wildman–Crippen LogP) is 4.33. The number of aromatic nitrogens is 4. The Morgan fingerprint density at radius 2 is 1.80 bits per heavy atom. The Hall–Kier alpha value is -2.68. The van der Waals surface area contributed by atoms with E-state index in [2.05, 4.69) is 24.6 Å². The molecule has 0 spiro atoms. The van der Waals surface area contributed by atoms with E-state index in [0.29, 0.717) is 34.5 Å². The minimum Gasteiger partial charge on any atom is -0.507 e. The number of fused-ring (bicyclic) bond motifs is 2. The van der Waals surface area contributed by atoms with E-state index >= 15 is 0 Å². The molecule has 2 aromatic heterocycles. The first-order chi connectivity index (χ1) is 14.3. The lowest BCUT2D eigenvalue weighted by molar-refractivity contribution is -0.137. The highest BCUT2D eigenvalue weighted by Gasteiger charge is 2.36. The third kappa shape index (κ3) is 3.03. The molecule has 3 aromatic rings. The maximum absolute atomic E-state index is 12.9. The summed E-state index contributed by atoms with van der Waals surface area (Å²) in [7, 11) is 0. The van der Waals surface area contributed by atoms with Gasteiger partial charge < -0.3 is 9.67 Å². The molecule has 1 N–H and O–H groups in total. The maximum Gasteiger partial charge on any atom is 0.416 e. The monoisotopic (exact) mass is 417 g/mol. The number of aryl methyl sites for hydroxylation is 1. The van der Waals surface area contributed by atoms with Crippen molar-refractivity contribution in [1.29, 1.82) is 0 Å². The number of hydrogen-bond donors (Lipinski definition) is 1. The Kier molecular flexibility index (Phi) is 4.46. The number of alkyl halides is 3. The molecule has 2 atom stereocenters. The summed E-state index contributed by atoms with van der Waals surface area (Å²) in [6.07, 6.45) is 1.84. The van der Waals surface area contributed by atoms with Crippen molar-refractivity contribution in [2.45, 2.75) is 50.9 Å². The molecular formula is C21H22F3N5O. The van der Waals surface area contributed by atoms with Crippen LogP contribution < -0.4 is 0 Å². The molecule has 4 heterocycles. The van der Waals surface area contributed by atoms with Gasteiger partial charge in [-0.1, -0.05) is 0 Å². The molecule has 2 saturated heterocycles. The van der Waals surface area contributed by atoms with E-state index in [1.165, 1.54) is 12.5 Å². The SMILES string of the molecule is Cc1c(-c2ccc(C(F)(F)F)cc2O)nnc2c1ncn2[C@H]1CCCN2CCC[C@H]12. The van der Waals surface area contributed by atoms with Gasteiger partial charge >= 0.3 is 6.18 Å². The van der Waals surface area contributed by atoms with Gasteiger partial charge in [0.05, 0.1) is 17.9 Å². The van der Waals surface area contributed by atoms with Gasteiger partial charge in [-0.3, -0.25) is 4.90 Å². The summed E-state index contributed by atoms with van der Waals surface area (Å²) >= 11 is 0. The Morgan fingerprint density at radius 1 is 1.07 bits per heavy atom. The average Bonchev–Trinajstić information content (AvgIpc) is 3.35. The van der Waals surface area contributed by atoms with Gasteiger partial charge in [0.25, 0.3) is 0 Å². The van der Waals surface area contributed by atoms with Crippen LogP contribution in [0.2, 0.25) is 0 Å². The molecule has 0 aliphatic carbocycles. The van der Waals surface area contributed by atoms with Crippen molar-refractivity contribution >= 4 is 11.2 Å². The van der Waals surface area contributed by atoms with E-state index in [1.807, 2.05) is 6.92 Å². The molecule has 9 heteroatoms. The Bertz CT molecular complexity index is 1110. The van der Waals surface area contributed by atoms with Gasteiger partial charge in [0.2, 0.25) is 0 Å². The molecule has 2 aliphatic rings. The molecule has 1 aromatic carbocycles. The van der Waals surface area contributed by atoms with Gasteiger partial charge in [-0.25, -0.2) is 4.98 Å². The first-order valence-electron chi connectivity index (χ1n) is 10.2. The lowest BCUT2D eigenvalue weighted by Gasteiger charge is -2.37. The average molecular weight is 417 g/mol. The topological polar surface area (TPSA) is 67.1 Å². The van der Waals surface area contributed by atoms with E-state index in [-0.39, 0.29) is 5.56 Å². The van der Waals surface area contributed by atoms with Gasteiger partial charge in [-0.05, 0) is 63.9 Å². The first kappa shape index (κ1) is 19.3. The van der Waals surface area contributed by atoms with Crippen LogP contribution in [0.5, 0.6) is 5.75 Å². The van der Waals surface area contributed by atoms with Gasteiger partial charge in [-0.15, -0.1) is 10.2 Å². The molecule has 0 unspecified atom stereocenters. The fourth-order valence-corrected chi connectivity index (χ4v) is 5.00. The van der Waals surface area contributed by atoms with Crippen LogP contribution in [-0.4, -0.2) is 48.9 Å². The predicted molar refractivity (Wildman–Crippen MR) is 105 cm³/mol. The zero-order chi connectivity index (χ0) is 21.0. The lowest BCUT2D eigenvalue weighted by atomic mass is 9.96. The highest BCUT2D eigenvalue weighted by Crippen LogP contribution is 2.39. The largest absolute Gasteiger partial charge is 0.507 e. The third-order valence-electron chi connectivity index (χ3n) is 6.46. The highest BCUT2D eigenvalue weighted by molar-refractivity contribution is 5.83. The zero-order valence-corrected chi connectivity index (χ0v) is 16.5. The molecular weight excluding hydrogens is 395 g/mol. The first-order valence-corrected chi connectivity index (χ1v) is 10.2. The molecule has 30 heavy (non-hydrogen) atoms. The summed E-state index contributed by atoms with van der Waals surface area (Å²) in [5.41, 5.74) is 1.68. The molecule has 5 rings (SSSR count). The number of nitrogens with zero attached hydrogens (tertiary/aromatic N) is 5. The summed E-state index contributed by atoms with van der Waals surface area (Å²) < 4.78 is 40.8. The fraction of sp³-hybridized carbons (Fsp3) is 0.476. The van der Waals surface area contributed by atoms with E-state index in [0.717, 1.165) is 44.5 Å². The highest BCUT2D eigenvalue weighted by atomic mass is 19.4. The van der Waals surface area contributed by atoms with E-state index in [4.69, 9.17) is 0 Å². The summed E-state index contributed by atoms with van der Waals surface area (Å²) in [4.78, 5) is 7.10. The summed E-state index contributed by atoms with van der Waals surface area (Å²) in [6.45, 7) is 4.08. The van der Waals surface area contributed by atoms with Crippen molar-refractivity contribution in [1.82, 2.24) is 24.6 Å². The second-order valence-corrected chi connectivity index (χ2v) is 8.18. The number of aromatic hydroxyl groups is 1. The van der Waals surface area contributed by atoms with E-state index < -0.39 is 17.5 Å². The molecule has 158 valence electrons. The maximum atomic E-state index is 12.9. The Labute approximate surface area is 171 Å². The minimum atomic E-state index is -4.52. The molecule has 0 amide bonds. The van der Waals surface area contributed by atoms with Crippen LogP contribution in [0.1, 0.15) is 42.9 Å². The van der Waals surface area contributed by atoms with Crippen molar-refractivity contribution < 1.29 is 18.3 Å². The van der Waals surface area contributed by atoms with Crippen LogP contribution in [0.15, 0.2) is 24.5 Å². The van der Waals surface area contributed by atoms with Gasteiger partial charge in [0.15, 0.2) is 5.65 Å². The molecule has 2 fully saturated rings.